The zero-order valence-corrected chi connectivity index (χ0v) is 16.2. The van der Waals surface area contributed by atoms with Crippen LogP contribution in [0.2, 0.25) is 0 Å². The van der Waals surface area contributed by atoms with Gasteiger partial charge in [0.25, 0.3) is 0 Å². The predicted octanol–water partition coefficient (Wildman–Crippen LogP) is 5.96. The van der Waals surface area contributed by atoms with Gasteiger partial charge in [0, 0.05) is 6.04 Å². The van der Waals surface area contributed by atoms with Gasteiger partial charge in [-0.3, -0.25) is 4.90 Å². The smallest absolute Gasteiger partial charge is 0.0945 e. The Morgan fingerprint density at radius 1 is 0.792 bits per heavy atom. The van der Waals surface area contributed by atoms with E-state index < -0.39 is 0 Å². The van der Waals surface area contributed by atoms with Crippen molar-refractivity contribution in [3.63, 3.8) is 0 Å². The van der Waals surface area contributed by atoms with Crippen LogP contribution in [0.25, 0.3) is 0 Å². The second-order valence-electron chi connectivity index (χ2n) is 6.91. The number of hydrogen-bond donors (Lipinski definition) is 1. The van der Waals surface area contributed by atoms with Crippen molar-refractivity contribution in [2.75, 3.05) is 13.1 Å². The molecular weight excluding hydrogens is 294 g/mol. The molecule has 0 aliphatic heterocycles. The summed E-state index contributed by atoms with van der Waals surface area (Å²) in [5.41, 5.74) is 1.05. The Kier molecular flexibility index (Phi) is 11.9. The van der Waals surface area contributed by atoms with Crippen molar-refractivity contribution in [2.45, 2.75) is 90.7 Å². The monoisotopic (exact) mass is 333 g/mol. The van der Waals surface area contributed by atoms with Gasteiger partial charge in [0.05, 0.1) is 6.10 Å². The Hall–Kier alpha value is -0.860. The van der Waals surface area contributed by atoms with Crippen molar-refractivity contribution in [3.05, 3.63) is 35.9 Å². The van der Waals surface area contributed by atoms with E-state index in [4.69, 9.17) is 0 Å². The van der Waals surface area contributed by atoms with E-state index in [1.54, 1.807) is 0 Å². The van der Waals surface area contributed by atoms with E-state index in [9.17, 15) is 5.11 Å². The summed E-state index contributed by atoms with van der Waals surface area (Å²) in [6.07, 6.45) is 11.4. The largest absolute Gasteiger partial charge is 0.387 e. The van der Waals surface area contributed by atoms with Crippen LogP contribution in [-0.4, -0.2) is 29.1 Å². The second kappa shape index (κ2) is 13.4. The zero-order valence-electron chi connectivity index (χ0n) is 16.2. The third-order valence-electron chi connectivity index (χ3n) is 5.14. The van der Waals surface area contributed by atoms with Crippen LogP contribution in [0.3, 0.4) is 0 Å². The average molecular weight is 334 g/mol. The highest BCUT2D eigenvalue weighted by atomic mass is 16.3. The Morgan fingerprint density at radius 2 is 1.33 bits per heavy atom. The molecule has 0 saturated carbocycles. The molecule has 2 nitrogen and oxygen atoms in total. The van der Waals surface area contributed by atoms with E-state index >= 15 is 0 Å². The molecule has 1 rings (SSSR count). The number of unbranched alkanes of at least 4 members (excludes halogenated alkanes) is 7. The van der Waals surface area contributed by atoms with Gasteiger partial charge >= 0.3 is 0 Å². The van der Waals surface area contributed by atoms with Gasteiger partial charge in [-0.05, 0) is 25.1 Å². The fourth-order valence-electron chi connectivity index (χ4n) is 3.59. The van der Waals surface area contributed by atoms with Crippen molar-refractivity contribution >= 4 is 0 Å². The van der Waals surface area contributed by atoms with E-state index in [1.165, 1.54) is 51.4 Å². The van der Waals surface area contributed by atoms with Crippen LogP contribution in [0.5, 0.6) is 0 Å². The third kappa shape index (κ3) is 7.81. The normalized spacial score (nSPS) is 14.0. The highest BCUT2D eigenvalue weighted by molar-refractivity contribution is 5.18. The van der Waals surface area contributed by atoms with Crippen molar-refractivity contribution in [1.82, 2.24) is 4.90 Å². The molecule has 2 heteroatoms. The maximum absolute atomic E-state index is 10.9. The first kappa shape index (κ1) is 21.2. The van der Waals surface area contributed by atoms with Gasteiger partial charge < -0.3 is 5.11 Å². The number of likely N-dealkylation sites (N-methyl/N-ethyl adjacent to an activating group) is 1. The zero-order chi connectivity index (χ0) is 17.6. The van der Waals surface area contributed by atoms with E-state index in [0.717, 1.165) is 25.1 Å². The highest BCUT2D eigenvalue weighted by Gasteiger charge is 2.24. The molecule has 1 aromatic carbocycles. The summed E-state index contributed by atoms with van der Waals surface area (Å²) in [4.78, 5) is 2.42. The van der Waals surface area contributed by atoms with Crippen LogP contribution in [0.15, 0.2) is 30.3 Å². The number of nitrogens with zero attached hydrogens (tertiary/aromatic N) is 1. The molecule has 0 saturated heterocycles. The van der Waals surface area contributed by atoms with E-state index in [1.807, 2.05) is 18.2 Å². The second-order valence-corrected chi connectivity index (χ2v) is 6.91. The molecule has 0 aromatic heterocycles. The van der Waals surface area contributed by atoms with Crippen LogP contribution in [0.1, 0.15) is 90.2 Å². The van der Waals surface area contributed by atoms with Gasteiger partial charge in [-0.2, -0.15) is 0 Å². The van der Waals surface area contributed by atoms with Gasteiger partial charge in [0.15, 0.2) is 0 Å². The minimum absolute atomic E-state index is 0.238. The molecule has 0 aliphatic carbocycles. The number of hydrogen-bond acceptors (Lipinski definition) is 2. The Bertz CT molecular complexity index is 388. The number of rotatable bonds is 14. The molecule has 0 spiro atoms. The minimum Gasteiger partial charge on any atom is -0.387 e. The van der Waals surface area contributed by atoms with Crippen molar-refractivity contribution in [3.8, 4) is 0 Å². The molecule has 2 unspecified atom stereocenters. The molecule has 0 heterocycles. The molecule has 0 bridgehead atoms. The molecule has 0 fully saturated rings. The van der Waals surface area contributed by atoms with Crippen LogP contribution in [-0.2, 0) is 0 Å². The Balaban J connectivity index is 2.43. The first-order valence-corrected chi connectivity index (χ1v) is 10.2. The Labute approximate surface area is 150 Å². The first-order valence-electron chi connectivity index (χ1n) is 10.2. The Morgan fingerprint density at radius 3 is 1.88 bits per heavy atom. The summed E-state index contributed by atoms with van der Waals surface area (Å²) in [6, 6.07) is 10.4. The lowest BCUT2D eigenvalue weighted by Crippen LogP contribution is -2.39. The molecular formula is C22H39NO. The molecule has 1 aromatic rings. The lowest BCUT2D eigenvalue weighted by atomic mass is 9.95. The summed E-state index contributed by atoms with van der Waals surface area (Å²) in [7, 11) is 0. The van der Waals surface area contributed by atoms with Gasteiger partial charge in [-0.15, -0.1) is 0 Å². The maximum Gasteiger partial charge on any atom is 0.0945 e. The third-order valence-corrected chi connectivity index (χ3v) is 5.14. The van der Waals surface area contributed by atoms with Crippen LogP contribution < -0.4 is 0 Å². The summed E-state index contributed by atoms with van der Waals surface area (Å²) in [5.74, 6) is 0. The van der Waals surface area contributed by atoms with Gasteiger partial charge in [0.1, 0.15) is 0 Å². The van der Waals surface area contributed by atoms with Crippen molar-refractivity contribution in [1.29, 1.82) is 0 Å². The number of aliphatic hydroxyl groups is 1. The summed E-state index contributed by atoms with van der Waals surface area (Å²) in [6.45, 7) is 8.67. The lowest BCUT2D eigenvalue weighted by Gasteiger charge is -2.33. The average Bonchev–Trinajstić information content (AvgIpc) is 2.63. The molecule has 0 amide bonds. The standard InChI is InChI=1S/C22H39NO/c1-4-7-8-9-10-11-12-16-19-21(23(5-2)6-3)22(24)20-17-14-13-15-18-20/h13-15,17-18,21-22,24H,4-12,16,19H2,1-3H3. The fraction of sp³-hybridized carbons (Fsp3) is 0.727. The maximum atomic E-state index is 10.9. The summed E-state index contributed by atoms with van der Waals surface area (Å²) in [5, 5.41) is 10.9. The summed E-state index contributed by atoms with van der Waals surface area (Å²) < 4.78 is 0. The summed E-state index contributed by atoms with van der Waals surface area (Å²) >= 11 is 0. The SMILES string of the molecule is CCCCCCCCCCC(C(O)c1ccccc1)N(CC)CC. The van der Waals surface area contributed by atoms with Gasteiger partial charge in [-0.25, -0.2) is 0 Å². The van der Waals surface area contributed by atoms with E-state index in [2.05, 4.69) is 37.8 Å². The van der Waals surface area contributed by atoms with Gasteiger partial charge in [0.2, 0.25) is 0 Å². The minimum atomic E-state index is -0.379. The lowest BCUT2D eigenvalue weighted by molar-refractivity contribution is 0.0471. The number of aliphatic hydroxyl groups excluding tert-OH is 1. The highest BCUT2D eigenvalue weighted by Crippen LogP contribution is 2.25. The van der Waals surface area contributed by atoms with Crippen LogP contribution in [0, 0.1) is 0 Å². The number of benzene rings is 1. The van der Waals surface area contributed by atoms with E-state index in [-0.39, 0.29) is 12.1 Å². The quantitative estimate of drug-likeness (QED) is 0.424. The van der Waals surface area contributed by atoms with Crippen LogP contribution in [0.4, 0.5) is 0 Å². The van der Waals surface area contributed by atoms with Gasteiger partial charge in [-0.1, -0.05) is 102 Å². The molecule has 0 radical (unpaired) electrons. The predicted molar refractivity (Wildman–Crippen MR) is 105 cm³/mol. The molecule has 138 valence electrons. The van der Waals surface area contributed by atoms with Crippen molar-refractivity contribution in [2.24, 2.45) is 0 Å². The topological polar surface area (TPSA) is 23.5 Å². The molecule has 1 N–H and O–H groups in total. The van der Waals surface area contributed by atoms with E-state index in [0.29, 0.717) is 0 Å². The molecule has 0 aliphatic rings. The van der Waals surface area contributed by atoms with Crippen LogP contribution >= 0.6 is 0 Å². The fourth-order valence-corrected chi connectivity index (χ4v) is 3.59. The molecule has 2 atom stereocenters. The van der Waals surface area contributed by atoms with Crippen molar-refractivity contribution < 1.29 is 5.11 Å². The first-order chi connectivity index (χ1) is 11.7. The molecule has 24 heavy (non-hydrogen) atoms.